The second kappa shape index (κ2) is 3.02. The molecule has 0 fully saturated rings. The van der Waals surface area contributed by atoms with Crippen molar-refractivity contribution in [2.45, 2.75) is 32.6 Å². The first-order valence-electron chi connectivity index (χ1n) is 4.43. The highest BCUT2D eigenvalue weighted by atomic mass is 32.1. The highest BCUT2D eigenvalue weighted by molar-refractivity contribution is 7.11. The minimum atomic E-state index is 0.578. The number of rotatable bonds is 1. The van der Waals surface area contributed by atoms with Crippen LogP contribution in [0.5, 0.6) is 0 Å². The zero-order valence-corrected chi connectivity index (χ0v) is 8.32. The van der Waals surface area contributed by atoms with Gasteiger partial charge in [-0.2, -0.15) is 0 Å². The van der Waals surface area contributed by atoms with E-state index in [1.807, 2.05) is 11.3 Å². The number of hydrogen-bond acceptors (Lipinski definition) is 2. The zero-order chi connectivity index (χ0) is 8.55. The summed E-state index contributed by atoms with van der Waals surface area (Å²) in [5, 5.41) is 1.28. The van der Waals surface area contributed by atoms with Crippen molar-refractivity contribution in [3.05, 3.63) is 21.7 Å². The number of fused-ring (bicyclic) bond motifs is 1. The molecule has 0 N–H and O–H groups in total. The highest BCUT2D eigenvalue weighted by Crippen LogP contribution is 2.29. The molecule has 0 radical (unpaired) electrons. The second-order valence-corrected chi connectivity index (χ2v) is 4.57. The van der Waals surface area contributed by atoms with Crippen LogP contribution >= 0.6 is 11.3 Å². The largest absolute Gasteiger partial charge is 0.241 e. The van der Waals surface area contributed by atoms with E-state index in [9.17, 15) is 0 Å². The molecule has 0 saturated heterocycles. The van der Waals surface area contributed by atoms with Crippen molar-refractivity contribution in [1.29, 1.82) is 0 Å². The Morgan fingerprint density at radius 2 is 2.33 bits per heavy atom. The molecule has 1 nitrogen and oxygen atoms in total. The molecule has 0 aromatic carbocycles. The molecule has 0 bridgehead atoms. The summed E-state index contributed by atoms with van der Waals surface area (Å²) in [7, 11) is 0. The van der Waals surface area contributed by atoms with Gasteiger partial charge in [0, 0.05) is 10.8 Å². The smallest absolute Gasteiger partial charge is 0.0960 e. The number of allylic oxidation sites excluding steroid dienone is 1. The van der Waals surface area contributed by atoms with Crippen LogP contribution in [-0.2, 0) is 6.42 Å². The number of nitrogens with zero attached hydrogens (tertiary/aromatic N) is 1. The van der Waals surface area contributed by atoms with E-state index < -0.39 is 0 Å². The summed E-state index contributed by atoms with van der Waals surface area (Å²) >= 11 is 1.88. The Labute approximate surface area is 77.2 Å². The van der Waals surface area contributed by atoms with Gasteiger partial charge in [-0.15, -0.1) is 11.3 Å². The average molecular weight is 179 g/mol. The molecule has 0 unspecified atom stereocenters. The lowest BCUT2D eigenvalue weighted by Crippen LogP contribution is -1.89. The molecule has 0 saturated carbocycles. The molecule has 1 heterocycles. The van der Waals surface area contributed by atoms with Gasteiger partial charge in [-0.05, 0) is 18.9 Å². The van der Waals surface area contributed by atoms with Crippen molar-refractivity contribution in [2.24, 2.45) is 0 Å². The molecule has 1 aliphatic carbocycles. The summed E-state index contributed by atoms with van der Waals surface area (Å²) in [5.74, 6) is 0.578. The first-order valence-corrected chi connectivity index (χ1v) is 5.25. The van der Waals surface area contributed by atoms with Crippen molar-refractivity contribution in [1.82, 2.24) is 4.98 Å². The Morgan fingerprint density at radius 3 is 3.00 bits per heavy atom. The Balaban J connectivity index is 2.39. The first-order chi connectivity index (χ1) is 5.77. The number of aromatic nitrogens is 1. The molecule has 0 spiro atoms. The van der Waals surface area contributed by atoms with Crippen LogP contribution in [0.4, 0.5) is 0 Å². The van der Waals surface area contributed by atoms with E-state index in [-0.39, 0.29) is 0 Å². The Bertz CT molecular complexity index is 310. The molecule has 1 aliphatic rings. The van der Waals surface area contributed by atoms with E-state index in [4.69, 9.17) is 0 Å². The fraction of sp³-hybridized carbons (Fsp3) is 0.500. The summed E-state index contributed by atoms with van der Waals surface area (Å²) in [6, 6.07) is 0. The predicted octanol–water partition coefficient (Wildman–Crippen LogP) is 3.23. The Kier molecular flexibility index (Phi) is 2.01. The third-order valence-corrected chi connectivity index (χ3v) is 3.48. The monoisotopic (exact) mass is 179 g/mol. The molecule has 64 valence electrons. The minimum absolute atomic E-state index is 0.578. The number of aryl methyl sites for hydroxylation is 1. The van der Waals surface area contributed by atoms with Gasteiger partial charge in [0.25, 0.3) is 0 Å². The van der Waals surface area contributed by atoms with Gasteiger partial charge in [0.05, 0.1) is 10.7 Å². The van der Waals surface area contributed by atoms with E-state index in [1.54, 1.807) is 0 Å². The quantitative estimate of drug-likeness (QED) is 0.645. The van der Waals surface area contributed by atoms with Crippen molar-refractivity contribution >= 4 is 17.4 Å². The van der Waals surface area contributed by atoms with Gasteiger partial charge in [-0.3, -0.25) is 0 Å². The molecular formula is C10H13NS. The maximum atomic E-state index is 4.58. The number of thiazole rings is 1. The maximum absolute atomic E-state index is 4.58. The van der Waals surface area contributed by atoms with Gasteiger partial charge in [0.1, 0.15) is 0 Å². The van der Waals surface area contributed by atoms with Crippen LogP contribution in [0.2, 0.25) is 0 Å². The first kappa shape index (κ1) is 7.99. The minimum Gasteiger partial charge on any atom is -0.241 e. The standard InChI is InChI=1S/C10H13NS/c1-7(2)10-11-8-5-3-4-6-9(8)12-10/h3,5,7H,4,6H2,1-2H3. The maximum Gasteiger partial charge on any atom is 0.0960 e. The topological polar surface area (TPSA) is 12.9 Å². The van der Waals surface area contributed by atoms with Crippen LogP contribution in [0.3, 0.4) is 0 Å². The lowest BCUT2D eigenvalue weighted by atomic mass is 10.1. The molecule has 1 aromatic rings. The lowest BCUT2D eigenvalue weighted by molar-refractivity contribution is 0.849. The van der Waals surface area contributed by atoms with Gasteiger partial charge in [-0.25, -0.2) is 4.98 Å². The SMILES string of the molecule is CC(C)c1nc2c(s1)CCC=C2. The van der Waals surface area contributed by atoms with E-state index in [0.29, 0.717) is 5.92 Å². The molecule has 0 aliphatic heterocycles. The summed E-state index contributed by atoms with van der Waals surface area (Å²) in [5.41, 5.74) is 1.22. The molecule has 0 atom stereocenters. The van der Waals surface area contributed by atoms with Gasteiger partial charge in [0.2, 0.25) is 0 Å². The van der Waals surface area contributed by atoms with Crippen LogP contribution in [-0.4, -0.2) is 4.98 Å². The Morgan fingerprint density at radius 1 is 1.50 bits per heavy atom. The fourth-order valence-corrected chi connectivity index (χ4v) is 2.42. The molecule has 2 rings (SSSR count). The van der Waals surface area contributed by atoms with Gasteiger partial charge in [0.15, 0.2) is 0 Å². The van der Waals surface area contributed by atoms with Crippen LogP contribution in [0, 0.1) is 0 Å². The number of hydrogen-bond donors (Lipinski definition) is 0. The third-order valence-electron chi connectivity index (χ3n) is 2.05. The summed E-state index contributed by atoms with van der Waals surface area (Å²) in [6.45, 7) is 4.40. The van der Waals surface area contributed by atoms with Gasteiger partial charge >= 0.3 is 0 Å². The second-order valence-electron chi connectivity index (χ2n) is 3.46. The average Bonchev–Trinajstić information content (AvgIpc) is 2.46. The molecular weight excluding hydrogens is 166 g/mol. The predicted molar refractivity (Wildman–Crippen MR) is 53.6 cm³/mol. The fourth-order valence-electron chi connectivity index (χ4n) is 1.35. The normalized spacial score (nSPS) is 15.2. The van der Waals surface area contributed by atoms with E-state index in [0.717, 1.165) is 0 Å². The highest BCUT2D eigenvalue weighted by Gasteiger charge is 2.12. The lowest BCUT2D eigenvalue weighted by Gasteiger charge is -1.99. The van der Waals surface area contributed by atoms with Gasteiger partial charge in [-0.1, -0.05) is 19.9 Å². The van der Waals surface area contributed by atoms with E-state index in [2.05, 4.69) is 31.0 Å². The van der Waals surface area contributed by atoms with Gasteiger partial charge < -0.3 is 0 Å². The third kappa shape index (κ3) is 1.31. The summed E-state index contributed by atoms with van der Waals surface area (Å²) in [4.78, 5) is 6.06. The van der Waals surface area contributed by atoms with Crippen LogP contribution in [0.1, 0.15) is 41.8 Å². The Hall–Kier alpha value is -0.630. The molecule has 0 amide bonds. The van der Waals surface area contributed by atoms with Crippen molar-refractivity contribution < 1.29 is 0 Å². The summed E-state index contributed by atoms with van der Waals surface area (Å²) < 4.78 is 0. The van der Waals surface area contributed by atoms with Crippen molar-refractivity contribution in [3.63, 3.8) is 0 Å². The van der Waals surface area contributed by atoms with E-state index >= 15 is 0 Å². The van der Waals surface area contributed by atoms with Crippen LogP contribution < -0.4 is 0 Å². The molecule has 1 aromatic heterocycles. The zero-order valence-electron chi connectivity index (χ0n) is 7.50. The molecule has 2 heteroatoms. The van der Waals surface area contributed by atoms with Crippen molar-refractivity contribution in [3.8, 4) is 0 Å². The van der Waals surface area contributed by atoms with E-state index in [1.165, 1.54) is 28.4 Å². The van der Waals surface area contributed by atoms with Crippen LogP contribution in [0.25, 0.3) is 6.08 Å². The molecule has 12 heavy (non-hydrogen) atoms. The van der Waals surface area contributed by atoms with Crippen molar-refractivity contribution in [2.75, 3.05) is 0 Å². The summed E-state index contributed by atoms with van der Waals surface area (Å²) in [6.07, 6.45) is 6.75. The van der Waals surface area contributed by atoms with Crippen LogP contribution in [0.15, 0.2) is 6.08 Å².